The molecule has 0 aliphatic rings. The zero-order valence-electron chi connectivity index (χ0n) is 13.0. The van der Waals surface area contributed by atoms with Gasteiger partial charge in [-0.1, -0.05) is 48.5 Å². The maximum atomic E-state index is 12.7. The highest BCUT2D eigenvalue weighted by molar-refractivity contribution is 6.07. The normalized spacial score (nSPS) is 11.8. The van der Waals surface area contributed by atoms with Gasteiger partial charge >= 0.3 is 6.18 Å². The number of carbonyl (C=O) groups excluding carboxylic acids is 1. The van der Waals surface area contributed by atoms with Crippen LogP contribution in [0.4, 0.5) is 18.9 Å². The van der Waals surface area contributed by atoms with Gasteiger partial charge < -0.3 is 5.32 Å². The largest absolute Gasteiger partial charge is 0.416 e. The third kappa shape index (κ3) is 4.07. The van der Waals surface area contributed by atoms with Gasteiger partial charge in [0.05, 0.1) is 5.56 Å². The van der Waals surface area contributed by atoms with E-state index >= 15 is 0 Å². The molecule has 0 fully saturated rings. The van der Waals surface area contributed by atoms with Crippen LogP contribution in [0.1, 0.15) is 11.1 Å². The van der Waals surface area contributed by atoms with Crippen molar-refractivity contribution in [1.29, 1.82) is 0 Å². The SMILES string of the molecule is O=C(/C=C/c1cccc(C(F)(F)F)c1)Nc1cccc2ccccc12. The summed E-state index contributed by atoms with van der Waals surface area (Å²) >= 11 is 0. The molecule has 0 bridgehead atoms. The van der Waals surface area contributed by atoms with Gasteiger partial charge in [-0.3, -0.25) is 4.79 Å². The molecule has 0 aliphatic heterocycles. The number of alkyl halides is 3. The molecule has 0 spiro atoms. The minimum atomic E-state index is -4.41. The standard InChI is InChI=1S/C20H14F3NO/c21-20(22,23)16-8-3-5-14(13-16)11-12-19(25)24-18-10-4-7-15-6-1-2-9-17(15)18/h1-13H,(H,24,25)/b12-11+. The summed E-state index contributed by atoms with van der Waals surface area (Å²) in [7, 11) is 0. The number of hydrogen-bond donors (Lipinski definition) is 1. The fraction of sp³-hybridized carbons (Fsp3) is 0.0500. The second-order valence-corrected chi connectivity index (χ2v) is 5.47. The quantitative estimate of drug-likeness (QED) is 0.625. The van der Waals surface area contributed by atoms with Gasteiger partial charge in [0, 0.05) is 17.1 Å². The van der Waals surface area contributed by atoms with Crippen LogP contribution in [0.2, 0.25) is 0 Å². The van der Waals surface area contributed by atoms with Crippen molar-refractivity contribution in [3.05, 3.63) is 83.9 Å². The topological polar surface area (TPSA) is 29.1 Å². The summed E-state index contributed by atoms with van der Waals surface area (Å²) in [5.74, 6) is -0.409. The van der Waals surface area contributed by atoms with Gasteiger partial charge in [-0.25, -0.2) is 0 Å². The van der Waals surface area contributed by atoms with E-state index in [2.05, 4.69) is 5.32 Å². The van der Waals surface area contributed by atoms with Gasteiger partial charge in [0.1, 0.15) is 0 Å². The van der Waals surface area contributed by atoms with Gasteiger partial charge in [-0.05, 0) is 35.2 Å². The first-order valence-electron chi connectivity index (χ1n) is 7.57. The van der Waals surface area contributed by atoms with Gasteiger partial charge in [0.25, 0.3) is 0 Å². The van der Waals surface area contributed by atoms with Crippen LogP contribution in [0.3, 0.4) is 0 Å². The molecule has 2 nitrogen and oxygen atoms in total. The van der Waals surface area contributed by atoms with Gasteiger partial charge in [0.2, 0.25) is 5.91 Å². The molecule has 1 N–H and O–H groups in total. The predicted octanol–water partition coefficient (Wildman–Crippen LogP) is 5.51. The van der Waals surface area contributed by atoms with Crippen LogP contribution in [-0.4, -0.2) is 5.91 Å². The molecule has 0 aliphatic carbocycles. The molecule has 5 heteroatoms. The molecule has 0 heterocycles. The Hall–Kier alpha value is -3.08. The van der Waals surface area contributed by atoms with Crippen LogP contribution in [0.25, 0.3) is 16.8 Å². The summed E-state index contributed by atoms with van der Waals surface area (Å²) in [4.78, 5) is 12.1. The molecular formula is C20H14F3NO. The van der Waals surface area contributed by atoms with E-state index in [1.54, 1.807) is 6.07 Å². The van der Waals surface area contributed by atoms with Gasteiger partial charge in [0.15, 0.2) is 0 Å². The van der Waals surface area contributed by atoms with Crippen LogP contribution < -0.4 is 5.32 Å². The number of halogens is 3. The number of anilines is 1. The smallest absolute Gasteiger partial charge is 0.322 e. The number of benzene rings is 3. The van der Waals surface area contributed by atoms with E-state index in [9.17, 15) is 18.0 Å². The zero-order valence-corrected chi connectivity index (χ0v) is 13.0. The lowest BCUT2D eigenvalue weighted by atomic mass is 10.1. The molecule has 126 valence electrons. The molecule has 0 aromatic heterocycles. The van der Waals surface area contributed by atoms with Crippen LogP contribution >= 0.6 is 0 Å². The Kier molecular flexibility index (Phi) is 4.57. The Morgan fingerprint density at radius 1 is 0.920 bits per heavy atom. The second-order valence-electron chi connectivity index (χ2n) is 5.47. The third-order valence-corrected chi connectivity index (χ3v) is 3.69. The summed E-state index contributed by atoms with van der Waals surface area (Å²) in [6.45, 7) is 0. The summed E-state index contributed by atoms with van der Waals surface area (Å²) in [5.41, 5.74) is 0.212. The number of amides is 1. The molecular weight excluding hydrogens is 327 g/mol. The fourth-order valence-electron chi connectivity index (χ4n) is 2.50. The van der Waals surface area contributed by atoms with E-state index in [-0.39, 0.29) is 0 Å². The van der Waals surface area contributed by atoms with Gasteiger partial charge in [-0.15, -0.1) is 0 Å². The van der Waals surface area contributed by atoms with E-state index in [0.717, 1.165) is 22.9 Å². The van der Waals surface area contributed by atoms with Crippen molar-refractivity contribution in [2.75, 3.05) is 5.32 Å². The average Bonchev–Trinajstić information content (AvgIpc) is 2.60. The van der Waals surface area contributed by atoms with Crippen molar-refractivity contribution in [3.63, 3.8) is 0 Å². The lowest BCUT2D eigenvalue weighted by Crippen LogP contribution is -2.08. The van der Waals surface area contributed by atoms with Crippen LogP contribution in [0.5, 0.6) is 0 Å². The number of rotatable bonds is 3. The van der Waals surface area contributed by atoms with Crippen LogP contribution in [0, 0.1) is 0 Å². The first-order valence-corrected chi connectivity index (χ1v) is 7.57. The first kappa shape index (κ1) is 16.8. The van der Waals surface area contributed by atoms with Crippen molar-refractivity contribution in [3.8, 4) is 0 Å². The van der Waals surface area contributed by atoms with E-state index in [1.807, 2.05) is 36.4 Å². The molecule has 0 saturated carbocycles. The number of carbonyl (C=O) groups is 1. The summed E-state index contributed by atoms with van der Waals surface area (Å²) < 4.78 is 38.1. The molecule has 3 aromatic rings. The third-order valence-electron chi connectivity index (χ3n) is 3.69. The Balaban J connectivity index is 1.77. The van der Waals surface area contributed by atoms with E-state index < -0.39 is 17.6 Å². The summed E-state index contributed by atoms with van der Waals surface area (Å²) in [6.07, 6.45) is -1.83. The molecule has 0 radical (unpaired) electrons. The lowest BCUT2D eigenvalue weighted by molar-refractivity contribution is -0.137. The Bertz CT molecular complexity index is 940. The minimum absolute atomic E-state index is 0.308. The van der Waals surface area contributed by atoms with Crippen molar-refractivity contribution >= 4 is 28.4 Å². The molecule has 0 saturated heterocycles. The number of nitrogens with one attached hydrogen (secondary N) is 1. The monoisotopic (exact) mass is 341 g/mol. The Labute approximate surface area is 142 Å². The highest BCUT2D eigenvalue weighted by Crippen LogP contribution is 2.29. The summed E-state index contributed by atoms with van der Waals surface area (Å²) in [5, 5.41) is 4.63. The number of fused-ring (bicyclic) bond motifs is 1. The minimum Gasteiger partial charge on any atom is -0.322 e. The maximum Gasteiger partial charge on any atom is 0.416 e. The molecule has 3 aromatic carbocycles. The van der Waals surface area contributed by atoms with Crippen molar-refractivity contribution < 1.29 is 18.0 Å². The summed E-state index contributed by atoms with van der Waals surface area (Å²) in [6, 6.07) is 18.0. The Morgan fingerprint density at radius 2 is 1.64 bits per heavy atom. The van der Waals surface area contributed by atoms with E-state index in [0.29, 0.717) is 11.3 Å². The van der Waals surface area contributed by atoms with Crippen LogP contribution in [-0.2, 0) is 11.0 Å². The van der Waals surface area contributed by atoms with Gasteiger partial charge in [-0.2, -0.15) is 13.2 Å². The average molecular weight is 341 g/mol. The lowest BCUT2D eigenvalue weighted by Gasteiger charge is -2.07. The second kappa shape index (κ2) is 6.81. The first-order chi connectivity index (χ1) is 11.9. The van der Waals surface area contributed by atoms with E-state index in [1.165, 1.54) is 24.3 Å². The highest BCUT2D eigenvalue weighted by Gasteiger charge is 2.30. The van der Waals surface area contributed by atoms with Crippen molar-refractivity contribution in [2.45, 2.75) is 6.18 Å². The highest BCUT2D eigenvalue weighted by atomic mass is 19.4. The maximum absolute atomic E-state index is 12.7. The molecule has 25 heavy (non-hydrogen) atoms. The Morgan fingerprint density at radius 3 is 2.44 bits per heavy atom. The molecule has 0 unspecified atom stereocenters. The molecule has 1 amide bonds. The van der Waals surface area contributed by atoms with Crippen molar-refractivity contribution in [2.24, 2.45) is 0 Å². The van der Waals surface area contributed by atoms with E-state index in [4.69, 9.17) is 0 Å². The van der Waals surface area contributed by atoms with Crippen LogP contribution in [0.15, 0.2) is 72.8 Å². The molecule has 3 rings (SSSR count). The van der Waals surface area contributed by atoms with Crippen molar-refractivity contribution in [1.82, 2.24) is 0 Å². The zero-order chi connectivity index (χ0) is 17.9. The predicted molar refractivity (Wildman–Crippen MR) is 93.1 cm³/mol. The fourth-order valence-corrected chi connectivity index (χ4v) is 2.50. The number of hydrogen-bond acceptors (Lipinski definition) is 1. The molecule has 0 atom stereocenters.